The number of anilines is 3. The molecule has 0 unspecified atom stereocenters. The van der Waals surface area contributed by atoms with Crippen molar-refractivity contribution in [1.29, 1.82) is 0 Å². The number of amides is 4. The summed E-state index contributed by atoms with van der Waals surface area (Å²) in [5.74, 6) is -0.127. The van der Waals surface area contributed by atoms with Crippen LogP contribution in [0.4, 0.5) is 21.9 Å². The molecule has 0 aliphatic rings. The lowest BCUT2D eigenvalue weighted by Crippen LogP contribution is -2.40. The minimum atomic E-state index is -0.623. The first-order valence-corrected chi connectivity index (χ1v) is 14.9. The number of halogens is 4. The van der Waals surface area contributed by atoms with Gasteiger partial charge in [0.05, 0.1) is 29.1 Å². The number of urea groups is 1. The molecule has 0 fully saturated rings. The highest BCUT2D eigenvalue weighted by atomic mass is 35.5. The summed E-state index contributed by atoms with van der Waals surface area (Å²) in [5, 5.41) is 6.76. The van der Waals surface area contributed by atoms with E-state index in [1.807, 2.05) is 37.3 Å². The number of rotatable bonds is 9. The van der Waals surface area contributed by atoms with Crippen molar-refractivity contribution in [1.82, 2.24) is 15.3 Å². The Hall–Kier alpha value is -4.61. The predicted molar refractivity (Wildman–Crippen MR) is 196 cm³/mol. The van der Waals surface area contributed by atoms with Crippen molar-refractivity contribution in [3.63, 3.8) is 0 Å². The van der Waals surface area contributed by atoms with Crippen LogP contribution in [0.2, 0.25) is 10.0 Å². The van der Waals surface area contributed by atoms with Crippen LogP contribution in [0.1, 0.15) is 21.6 Å². The maximum absolute atomic E-state index is 13.1. The number of fused-ring (bicyclic) bond motifs is 1. The fourth-order valence-corrected chi connectivity index (χ4v) is 5.24. The van der Waals surface area contributed by atoms with E-state index in [-0.39, 0.29) is 48.9 Å². The van der Waals surface area contributed by atoms with E-state index in [9.17, 15) is 14.4 Å². The first-order valence-electron chi connectivity index (χ1n) is 14.2. The molecule has 250 valence electrons. The van der Waals surface area contributed by atoms with E-state index < -0.39 is 11.9 Å². The normalized spacial score (nSPS) is 10.3. The van der Waals surface area contributed by atoms with Crippen molar-refractivity contribution in [2.75, 3.05) is 35.8 Å². The maximum atomic E-state index is 13.1. The van der Waals surface area contributed by atoms with Gasteiger partial charge in [0.2, 0.25) is 5.91 Å². The summed E-state index contributed by atoms with van der Waals surface area (Å²) in [5.41, 5.74) is 3.85. The number of hydrogen-bond donors (Lipinski definition) is 2. The number of hydrogen-bond acceptors (Lipinski definition) is 6. The van der Waals surface area contributed by atoms with Gasteiger partial charge >= 0.3 is 6.03 Å². The van der Waals surface area contributed by atoms with Gasteiger partial charge in [-0.25, -0.2) is 9.78 Å². The molecule has 10 nitrogen and oxygen atoms in total. The van der Waals surface area contributed by atoms with E-state index in [4.69, 9.17) is 27.9 Å². The van der Waals surface area contributed by atoms with Crippen molar-refractivity contribution in [3.05, 3.63) is 118 Å². The second kappa shape index (κ2) is 17.0. The molecule has 0 bridgehead atoms. The Kier molecular flexibility index (Phi) is 13.4. The Morgan fingerprint density at radius 1 is 0.896 bits per heavy atom. The molecule has 5 rings (SSSR count). The van der Waals surface area contributed by atoms with Crippen molar-refractivity contribution >= 4 is 93.8 Å². The number of likely N-dealkylation sites (N-methyl/N-ethyl adjacent to an activating group) is 1. The van der Waals surface area contributed by atoms with Crippen LogP contribution < -0.4 is 25.2 Å². The molecule has 2 aromatic heterocycles. The van der Waals surface area contributed by atoms with Crippen LogP contribution in [0.15, 0.2) is 91.3 Å². The second-order valence-corrected chi connectivity index (χ2v) is 11.1. The lowest BCUT2D eigenvalue weighted by atomic mass is 10.1. The fraction of sp³-hybridized carbons (Fsp3) is 0.147. The summed E-state index contributed by atoms with van der Waals surface area (Å²) in [6.07, 6.45) is 3.20. The highest BCUT2D eigenvalue weighted by molar-refractivity contribution is 6.38. The fourth-order valence-electron chi connectivity index (χ4n) is 4.64. The van der Waals surface area contributed by atoms with E-state index in [0.717, 1.165) is 16.6 Å². The van der Waals surface area contributed by atoms with E-state index in [1.165, 1.54) is 9.80 Å². The van der Waals surface area contributed by atoms with Crippen molar-refractivity contribution in [2.24, 2.45) is 0 Å². The van der Waals surface area contributed by atoms with Gasteiger partial charge in [0.15, 0.2) is 0 Å². The zero-order chi connectivity index (χ0) is 32.8. The van der Waals surface area contributed by atoms with E-state index >= 15 is 0 Å². The molecule has 14 heteroatoms. The van der Waals surface area contributed by atoms with Gasteiger partial charge in [-0.15, -0.1) is 24.8 Å². The summed E-state index contributed by atoms with van der Waals surface area (Å²) in [6.45, 7) is 1.63. The number of pyridine rings is 2. The Balaban J connectivity index is 0.00000312. The van der Waals surface area contributed by atoms with E-state index in [0.29, 0.717) is 39.0 Å². The smallest absolute Gasteiger partial charge is 0.319 e. The number of carbonyl (C=O) groups excluding carboxylic acids is 3. The molecule has 0 atom stereocenters. The average molecular weight is 730 g/mol. The zero-order valence-corrected chi connectivity index (χ0v) is 29.2. The van der Waals surface area contributed by atoms with Gasteiger partial charge in [-0.2, -0.15) is 0 Å². The molecule has 0 saturated heterocycles. The van der Waals surface area contributed by atoms with Crippen LogP contribution in [-0.4, -0.2) is 48.5 Å². The zero-order valence-electron chi connectivity index (χ0n) is 26.1. The summed E-state index contributed by atoms with van der Waals surface area (Å²) < 4.78 is 6.08. The molecular formula is C34H32Cl4N6O4. The molecule has 0 saturated carbocycles. The van der Waals surface area contributed by atoms with Gasteiger partial charge in [0, 0.05) is 53.2 Å². The molecular weight excluding hydrogens is 698 g/mol. The number of ether oxygens (including phenoxy) is 1. The first-order chi connectivity index (χ1) is 22.1. The Bertz CT molecular complexity index is 1930. The van der Waals surface area contributed by atoms with Gasteiger partial charge in [-0.1, -0.05) is 47.5 Å². The highest BCUT2D eigenvalue weighted by Gasteiger charge is 2.20. The standard InChI is InChI=1S/C34H30Cl2N6O4.2ClH/c1-21-12-13-22-7-5-11-29(32(22)39-21)46-20-26-27(35)14-15-28(31(26)36)42(3)30(43)19-38-34(45)40-24-9-4-8-23(17-24)33(44)41(2)25-10-6-16-37-18-25;;/h4-18H,19-20H2,1-3H3,(H2,38,40,45);2*1H. The van der Waals surface area contributed by atoms with Crippen LogP contribution in [0, 0.1) is 6.92 Å². The van der Waals surface area contributed by atoms with Crippen LogP contribution >= 0.6 is 48.0 Å². The summed E-state index contributed by atoms with van der Waals surface area (Å²) >= 11 is 13.2. The van der Waals surface area contributed by atoms with Gasteiger partial charge < -0.3 is 25.2 Å². The molecule has 3 aromatic carbocycles. The number of aryl methyl sites for hydroxylation is 1. The van der Waals surface area contributed by atoms with Crippen molar-refractivity contribution in [3.8, 4) is 5.75 Å². The maximum Gasteiger partial charge on any atom is 0.319 e. The van der Waals surface area contributed by atoms with Gasteiger partial charge in [-0.3, -0.25) is 14.6 Å². The topological polar surface area (TPSA) is 117 Å². The predicted octanol–water partition coefficient (Wildman–Crippen LogP) is 7.73. The van der Waals surface area contributed by atoms with Crippen LogP contribution in [0.3, 0.4) is 0 Å². The van der Waals surface area contributed by atoms with Crippen LogP contribution in [-0.2, 0) is 11.4 Å². The third-order valence-corrected chi connectivity index (χ3v) is 7.98. The molecule has 0 radical (unpaired) electrons. The molecule has 2 heterocycles. The second-order valence-electron chi connectivity index (χ2n) is 10.3. The van der Waals surface area contributed by atoms with Gasteiger partial charge in [0.25, 0.3) is 5.91 Å². The monoisotopic (exact) mass is 728 g/mol. The highest BCUT2D eigenvalue weighted by Crippen LogP contribution is 2.35. The minimum Gasteiger partial charge on any atom is -0.487 e. The third kappa shape index (κ3) is 8.84. The SMILES string of the molecule is Cc1ccc2cccc(OCc3c(Cl)ccc(N(C)C(=O)CNC(=O)Nc4cccc(C(=O)N(C)c5cccnc5)c4)c3Cl)c2n1.Cl.Cl. The lowest BCUT2D eigenvalue weighted by molar-refractivity contribution is -0.117. The number of nitrogens with zero attached hydrogens (tertiary/aromatic N) is 4. The van der Waals surface area contributed by atoms with E-state index in [1.54, 1.807) is 75.0 Å². The molecule has 0 aliphatic carbocycles. The quantitative estimate of drug-likeness (QED) is 0.160. The third-order valence-electron chi connectivity index (χ3n) is 7.20. The van der Waals surface area contributed by atoms with Crippen LogP contribution in [0.25, 0.3) is 10.9 Å². The number of para-hydroxylation sites is 1. The number of benzene rings is 3. The van der Waals surface area contributed by atoms with Gasteiger partial charge in [-0.05, 0) is 61.5 Å². The first kappa shape index (κ1) is 37.8. The Morgan fingerprint density at radius 3 is 2.42 bits per heavy atom. The van der Waals surface area contributed by atoms with Crippen molar-refractivity contribution in [2.45, 2.75) is 13.5 Å². The van der Waals surface area contributed by atoms with Crippen molar-refractivity contribution < 1.29 is 19.1 Å². The van der Waals surface area contributed by atoms with Crippen LogP contribution in [0.5, 0.6) is 5.75 Å². The van der Waals surface area contributed by atoms with E-state index in [2.05, 4.69) is 20.6 Å². The molecule has 4 amide bonds. The summed E-state index contributed by atoms with van der Waals surface area (Å²) in [6, 6.07) is 22.2. The summed E-state index contributed by atoms with van der Waals surface area (Å²) in [4.78, 5) is 50.1. The number of nitrogens with one attached hydrogen (secondary N) is 2. The molecule has 0 spiro atoms. The summed E-state index contributed by atoms with van der Waals surface area (Å²) in [7, 11) is 3.19. The molecule has 0 aliphatic heterocycles. The minimum absolute atomic E-state index is 0. The largest absolute Gasteiger partial charge is 0.487 e. The number of aromatic nitrogens is 2. The number of carbonyl (C=O) groups is 3. The molecule has 48 heavy (non-hydrogen) atoms. The molecule has 5 aromatic rings. The lowest BCUT2D eigenvalue weighted by Gasteiger charge is -2.21. The Labute approximate surface area is 300 Å². The molecule has 2 N–H and O–H groups in total. The van der Waals surface area contributed by atoms with Gasteiger partial charge in [0.1, 0.15) is 17.9 Å². The Morgan fingerprint density at radius 2 is 1.67 bits per heavy atom. The average Bonchev–Trinajstić information content (AvgIpc) is 3.06.